The summed E-state index contributed by atoms with van der Waals surface area (Å²) in [5.74, 6) is -0.404. The third-order valence-corrected chi connectivity index (χ3v) is 10.1. The minimum atomic E-state index is -0.668. The monoisotopic (exact) mass is 575 g/mol. The zero-order valence-electron chi connectivity index (χ0n) is 21.5. The van der Waals surface area contributed by atoms with Gasteiger partial charge in [-0.25, -0.2) is 0 Å². The van der Waals surface area contributed by atoms with Crippen molar-refractivity contribution in [3.05, 3.63) is 66.2 Å². The molecule has 8 heteroatoms. The van der Waals surface area contributed by atoms with Crippen molar-refractivity contribution in [2.24, 2.45) is 0 Å². The van der Waals surface area contributed by atoms with Gasteiger partial charge in [-0.1, -0.05) is 0 Å². The molecule has 6 atom stereocenters. The van der Waals surface area contributed by atoms with E-state index in [0.717, 1.165) is 35.7 Å². The number of benzene rings is 2. The first kappa shape index (κ1) is 27.6. The van der Waals surface area contributed by atoms with Gasteiger partial charge in [0.1, 0.15) is 0 Å². The van der Waals surface area contributed by atoms with Crippen LogP contribution in [0.15, 0.2) is 60.7 Å². The number of nitrogens with zero attached hydrogens (tertiary/aromatic N) is 1. The molecule has 2 fully saturated rings. The number of carbonyl (C=O) groups is 2. The van der Waals surface area contributed by atoms with Crippen molar-refractivity contribution < 1.29 is 28.9 Å². The van der Waals surface area contributed by atoms with Crippen LogP contribution in [0.1, 0.15) is 51.0 Å². The van der Waals surface area contributed by atoms with Gasteiger partial charge >= 0.3 is 226 Å². The number of cyclic esters (lactones) is 1. The van der Waals surface area contributed by atoms with Crippen molar-refractivity contribution in [2.45, 2.75) is 87.3 Å². The summed E-state index contributed by atoms with van der Waals surface area (Å²) >= 11 is -0.112. The van der Waals surface area contributed by atoms with Crippen LogP contribution >= 0.6 is 0 Å². The quantitative estimate of drug-likeness (QED) is 0.236. The Morgan fingerprint density at radius 1 is 1.14 bits per heavy atom. The Morgan fingerprint density at radius 2 is 1.84 bits per heavy atom. The molecule has 7 nitrogen and oxygen atoms in total. The molecule has 200 valence electrons. The minimum absolute atomic E-state index is 0.0301. The first-order valence-corrected chi connectivity index (χ1v) is 15.0. The second kappa shape index (κ2) is 13.4. The molecule has 1 N–H and O–H groups in total. The molecule has 2 heterocycles. The van der Waals surface area contributed by atoms with Gasteiger partial charge < -0.3 is 0 Å². The molecule has 2 aliphatic heterocycles. The Bertz CT molecular complexity index is 1010. The molecule has 2 aromatic rings. The molecule has 0 aromatic heterocycles. The fourth-order valence-electron chi connectivity index (χ4n) is 5.29. The summed E-state index contributed by atoms with van der Waals surface area (Å²) in [7, 11) is 1.34. The number of fused-ring (bicyclic) bond motifs is 1. The molecule has 0 unspecified atom stereocenters. The fraction of sp³-hybridized carbons (Fsp3) is 0.517. The number of methoxy groups -OCH3 is 1. The molecular formula is C29H37NO6Se. The number of aliphatic hydroxyl groups excluding tert-OH is 1. The van der Waals surface area contributed by atoms with Crippen molar-refractivity contribution in [3.8, 4) is 0 Å². The number of piperidine rings is 1. The number of carbonyl (C=O) groups excluding carboxylic acids is 2. The van der Waals surface area contributed by atoms with Gasteiger partial charge in [-0.15, -0.1) is 0 Å². The van der Waals surface area contributed by atoms with Crippen molar-refractivity contribution in [2.75, 3.05) is 7.11 Å². The molecule has 0 saturated carbocycles. The standard InChI is InChI=1S/C29H37NO6Se/c1-3-4-7-16-24(35-19-20-12-8-5-9-13-20)27-26-28(37-22-14-10-6-11-15-22)23(31)17-21(18-25(32)34-2)30(26)29(33)36-27/h5-6,8-15,21,23-24,26-28,31H,3-4,7,16-19H2,1-2H3/t21-,23+,24+,26+,27+,28+/m1/s1. The van der Waals surface area contributed by atoms with E-state index in [0.29, 0.717) is 13.0 Å². The maximum absolute atomic E-state index is 13.3. The Labute approximate surface area is 225 Å². The second-order valence-corrected chi connectivity index (χ2v) is 12.3. The zero-order valence-corrected chi connectivity index (χ0v) is 23.2. The van der Waals surface area contributed by atoms with Gasteiger partial charge in [-0.2, -0.15) is 0 Å². The van der Waals surface area contributed by atoms with Gasteiger partial charge in [0.25, 0.3) is 0 Å². The normalized spacial score (nSPS) is 25.9. The number of amides is 1. The Hall–Kier alpha value is -2.38. The van der Waals surface area contributed by atoms with Crippen LogP contribution in [-0.4, -0.2) is 74.5 Å². The number of rotatable bonds is 12. The van der Waals surface area contributed by atoms with Crippen LogP contribution in [0.5, 0.6) is 0 Å². The molecular weight excluding hydrogens is 537 g/mol. The SMILES string of the molecule is CCCCC[C@H](OCc1ccccc1)[C@@H]1OC(=O)N2[C@@H](CC(=O)OC)C[C@H](O)[C@H]([Se]c3ccccc3)[C@H]12. The van der Waals surface area contributed by atoms with Crippen LogP contribution in [0, 0.1) is 0 Å². The van der Waals surface area contributed by atoms with Gasteiger partial charge in [0.05, 0.1) is 0 Å². The van der Waals surface area contributed by atoms with Gasteiger partial charge in [-0.05, 0) is 0 Å². The third-order valence-electron chi connectivity index (χ3n) is 7.14. The molecule has 0 aliphatic carbocycles. The van der Waals surface area contributed by atoms with E-state index < -0.39 is 30.3 Å². The van der Waals surface area contributed by atoms with E-state index in [1.165, 1.54) is 7.11 Å². The molecule has 0 radical (unpaired) electrons. The average molecular weight is 575 g/mol. The van der Waals surface area contributed by atoms with Crippen molar-refractivity contribution in [1.29, 1.82) is 0 Å². The summed E-state index contributed by atoms with van der Waals surface area (Å²) < 4.78 is 18.6. The number of hydrogen-bond donors (Lipinski definition) is 1. The van der Waals surface area contributed by atoms with E-state index in [1.807, 2.05) is 48.5 Å². The van der Waals surface area contributed by atoms with Crippen LogP contribution in [0.2, 0.25) is 4.82 Å². The van der Waals surface area contributed by atoms with E-state index >= 15 is 0 Å². The predicted octanol–water partition coefficient (Wildman–Crippen LogP) is 3.86. The molecule has 4 rings (SSSR count). The Kier molecular flexibility index (Phi) is 10.0. The molecule has 0 spiro atoms. The van der Waals surface area contributed by atoms with Gasteiger partial charge in [0, 0.05) is 0 Å². The van der Waals surface area contributed by atoms with E-state index in [9.17, 15) is 14.7 Å². The summed E-state index contributed by atoms with van der Waals surface area (Å²) in [6.07, 6.45) is 2.25. The molecule has 37 heavy (non-hydrogen) atoms. The van der Waals surface area contributed by atoms with Crippen LogP contribution < -0.4 is 4.46 Å². The fourth-order valence-corrected chi connectivity index (χ4v) is 8.07. The summed E-state index contributed by atoms with van der Waals surface area (Å²) in [4.78, 5) is 27.1. The number of aliphatic hydroxyl groups is 1. The number of hydrogen-bond acceptors (Lipinski definition) is 6. The number of ether oxygens (including phenoxy) is 3. The first-order chi connectivity index (χ1) is 18.0. The Balaban J connectivity index is 1.63. The maximum atomic E-state index is 13.3. The van der Waals surface area contributed by atoms with Gasteiger partial charge in [-0.3, -0.25) is 0 Å². The second-order valence-electron chi connectivity index (χ2n) is 9.71. The van der Waals surface area contributed by atoms with Crippen LogP contribution in [0.3, 0.4) is 0 Å². The van der Waals surface area contributed by atoms with Crippen molar-refractivity contribution in [3.63, 3.8) is 0 Å². The average Bonchev–Trinajstić information content (AvgIpc) is 3.26. The summed E-state index contributed by atoms with van der Waals surface area (Å²) in [6.45, 7) is 2.57. The van der Waals surface area contributed by atoms with Crippen molar-refractivity contribution >= 4 is 31.5 Å². The molecule has 2 aliphatic rings. The van der Waals surface area contributed by atoms with Crippen LogP contribution in [0.25, 0.3) is 0 Å². The molecule has 2 aromatic carbocycles. The van der Waals surface area contributed by atoms with E-state index in [2.05, 4.69) is 19.1 Å². The summed E-state index contributed by atoms with van der Waals surface area (Å²) in [5.41, 5.74) is 1.06. The van der Waals surface area contributed by atoms with Crippen molar-refractivity contribution in [1.82, 2.24) is 4.90 Å². The number of unbranched alkanes of at least 4 members (excludes halogenated alkanes) is 2. The first-order valence-electron chi connectivity index (χ1n) is 13.1. The van der Waals surface area contributed by atoms with E-state index in [4.69, 9.17) is 14.2 Å². The van der Waals surface area contributed by atoms with E-state index in [1.54, 1.807) is 4.90 Å². The Morgan fingerprint density at radius 3 is 2.51 bits per heavy atom. The van der Waals surface area contributed by atoms with Gasteiger partial charge in [0.15, 0.2) is 0 Å². The van der Waals surface area contributed by atoms with Gasteiger partial charge in [0.2, 0.25) is 0 Å². The van der Waals surface area contributed by atoms with Crippen LogP contribution in [0.4, 0.5) is 4.79 Å². The predicted molar refractivity (Wildman–Crippen MR) is 142 cm³/mol. The topological polar surface area (TPSA) is 85.3 Å². The molecule has 1 amide bonds. The van der Waals surface area contributed by atoms with Crippen LogP contribution in [-0.2, 0) is 25.6 Å². The van der Waals surface area contributed by atoms with E-state index in [-0.39, 0.29) is 38.3 Å². The summed E-state index contributed by atoms with van der Waals surface area (Å²) in [5, 5.41) is 11.4. The zero-order chi connectivity index (χ0) is 26.2. The summed E-state index contributed by atoms with van der Waals surface area (Å²) in [6, 6.07) is 19.2. The molecule has 2 saturated heterocycles. The molecule has 0 bridgehead atoms. The third kappa shape index (κ3) is 6.93. The number of esters is 1.